The zero-order valence-electron chi connectivity index (χ0n) is 8.57. The summed E-state index contributed by atoms with van der Waals surface area (Å²) >= 11 is 0. The summed E-state index contributed by atoms with van der Waals surface area (Å²) < 4.78 is 2.08. The Bertz CT molecular complexity index is 254. The Morgan fingerprint density at radius 1 is 1.62 bits per heavy atom. The molecule has 0 aliphatic carbocycles. The van der Waals surface area contributed by atoms with Crippen LogP contribution in [0.15, 0.2) is 12.4 Å². The van der Waals surface area contributed by atoms with Crippen molar-refractivity contribution in [3.63, 3.8) is 0 Å². The standard InChI is InChI=1S/C9H18N4/c1-4-13-6-5-11-9(13)8(10)7-12(2)3/h5-6,8H,4,7,10H2,1-3H3. The highest BCUT2D eigenvalue weighted by Crippen LogP contribution is 2.08. The Morgan fingerprint density at radius 2 is 2.31 bits per heavy atom. The number of rotatable bonds is 4. The number of imidazole rings is 1. The van der Waals surface area contributed by atoms with Crippen LogP contribution in [0.3, 0.4) is 0 Å². The fraction of sp³-hybridized carbons (Fsp3) is 0.667. The predicted molar refractivity (Wildman–Crippen MR) is 53.4 cm³/mol. The van der Waals surface area contributed by atoms with E-state index in [4.69, 9.17) is 5.73 Å². The summed E-state index contributed by atoms with van der Waals surface area (Å²) in [7, 11) is 4.03. The second-order valence-electron chi connectivity index (χ2n) is 3.44. The minimum absolute atomic E-state index is 0.00458. The van der Waals surface area contributed by atoms with Crippen LogP contribution in [0.5, 0.6) is 0 Å². The zero-order chi connectivity index (χ0) is 9.84. The normalized spacial score (nSPS) is 13.6. The monoisotopic (exact) mass is 182 g/mol. The van der Waals surface area contributed by atoms with Crippen molar-refractivity contribution >= 4 is 0 Å². The maximum absolute atomic E-state index is 5.99. The first-order chi connectivity index (χ1) is 6.15. The van der Waals surface area contributed by atoms with Gasteiger partial charge in [0.05, 0.1) is 6.04 Å². The molecule has 1 aromatic heterocycles. The van der Waals surface area contributed by atoms with Gasteiger partial charge in [-0.2, -0.15) is 0 Å². The Labute approximate surface area is 79.4 Å². The van der Waals surface area contributed by atoms with Gasteiger partial charge in [0.25, 0.3) is 0 Å². The maximum atomic E-state index is 5.99. The zero-order valence-corrected chi connectivity index (χ0v) is 8.57. The summed E-state index contributed by atoms with van der Waals surface area (Å²) in [4.78, 5) is 6.32. The molecule has 1 unspecified atom stereocenters. The third-order valence-corrected chi connectivity index (χ3v) is 1.98. The first-order valence-corrected chi connectivity index (χ1v) is 4.56. The molecule has 0 bridgehead atoms. The van der Waals surface area contributed by atoms with Crippen LogP contribution in [-0.2, 0) is 6.54 Å². The molecule has 0 aliphatic rings. The van der Waals surface area contributed by atoms with Gasteiger partial charge in [0.15, 0.2) is 0 Å². The van der Waals surface area contributed by atoms with E-state index < -0.39 is 0 Å². The maximum Gasteiger partial charge on any atom is 0.126 e. The number of hydrogen-bond acceptors (Lipinski definition) is 3. The molecule has 0 saturated carbocycles. The molecule has 74 valence electrons. The van der Waals surface area contributed by atoms with Crippen molar-refractivity contribution < 1.29 is 0 Å². The fourth-order valence-corrected chi connectivity index (χ4v) is 1.39. The van der Waals surface area contributed by atoms with Gasteiger partial charge < -0.3 is 15.2 Å². The van der Waals surface area contributed by atoms with Crippen molar-refractivity contribution in [2.75, 3.05) is 20.6 Å². The van der Waals surface area contributed by atoms with E-state index >= 15 is 0 Å². The van der Waals surface area contributed by atoms with E-state index in [-0.39, 0.29) is 6.04 Å². The van der Waals surface area contributed by atoms with Crippen molar-refractivity contribution in [3.05, 3.63) is 18.2 Å². The van der Waals surface area contributed by atoms with Crippen molar-refractivity contribution in [2.45, 2.75) is 19.5 Å². The summed E-state index contributed by atoms with van der Waals surface area (Å²) in [5.41, 5.74) is 5.99. The molecule has 4 heteroatoms. The Morgan fingerprint density at radius 3 is 2.85 bits per heavy atom. The molecular weight excluding hydrogens is 164 g/mol. The third kappa shape index (κ3) is 2.54. The Hall–Kier alpha value is -0.870. The highest BCUT2D eigenvalue weighted by Gasteiger charge is 2.11. The molecule has 1 atom stereocenters. The lowest BCUT2D eigenvalue weighted by Gasteiger charge is -2.17. The molecule has 0 aromatic carbocycles. The second-order valence-corrected chi connectivity index (χ2v) is 3.44. The molecule has 0 saturated heterocycles. The lowest BCUT2D eigenvalue weighted by molar-refractivity contribution is 0.365. The summed E-state index contributed by atoms with van der Waals surface area (Å²) in [6.45, 7) is 3.85. The molecule has 0 fully saturated rings. The van der Waals surface area contributed by atoms with E-state index in [1.54, 1.807) is 6.20 Å². The van der Waals surface area contributed by atoms with Gasteiger partial charge in [-0.3, -0.25) is 0 Å². The molecular formula is C9H18N4. The molecule has 1 aromatic rings. The third-order valence-electron chi connectivity index (χ3n) is 1.98. The van der Waals surface area contributed by atoms with E-state index in [1.165, 1.54) is 0 Å². The van der Waals surface area contributed by atoms with Crippen molar-refractivity contribution in [1.82, 2.24) is 14.5 Å². The van der Waals surface area contributed by atoms with Crippen LogP contribution in [0.1, 0.15) is 18.8 Å². The molecule has 0 radical (unpaired) electrons. The Balaban J connectivity index is 2.69. The number of nitrogens with zero attached hydrogens (tertiary/aromatic N) is 3. The van der Waals surface area contributed by atoms with Crippen LogP contribution in [0.4, 0.5) is 0 Å². The first-order valence-electron chi connectivity index (χ1n) is 4.56. The second kappa shape index (κ2) is 4.39. The lowest BCUT2D eigenvalue weighted by atomic mass is 10.3. The van der Waals surface area contributed by atoms with Gasteiger partial charge in [0.1, 0.15) is 5.82 Å². The van der Waals surface area contributed by atoms with Crippen LogP contribution in [0.25, 0.3) is 0 Å². The number of likely N-dealkylation sites (N-methyl/N-ethyl adjacent to an activating group) is 1. The molecule has 0 aliphatic heterocycles. The number of nitrogens with two attached hydrogens (primary N) is 1. The van der Waals surface area contributed by atoms with Gasteiger partial charge >= 0.3 is 0 Å². The van der Waals surface area contributed by atoms with Gasteiger partial charge in [-0.15, -0.1) is 0 Å². The van der Waals surface area contributed by atoms with Crippen molar-refractivity contribution in [2.24, 2.45) is 5.73 Å². The lowest BCUT2D eigenvalue weighted by Crippen LogP contribution is -2.28. The molecule has 1 heterocycles. The summed E-state index contributed by atoms with van der Waals surface area (Å²) in [6.07, 6.45) is 3.76. The van der Waals surface area contributed by atoms with E-state index in [0.29, 0.717) is 0 Å². The van der Waals surface area contributed by atoms with Crippen LogP contribution in [0, 0.1) is 0 Å². The van der Waals surface area contributed by atoms with Gasteiger partial charge in [0, 0.05) is 25.5 Å². The van der Waals surface area contributed by atoms with Gasteiger partial charge in [-0.05, 0) is 21.0 Å². The van der Waals surface area contributed by atoms with E-state index in [2.05, 4.69) is 21.4 Å². The van der Waals surface area contributed by atoms with E-state index in [1.807, 2.05) is 20.3 Å². The SMILES string of the molecule is CCn1ccnc1C(N)CN(C)C. The fourth-order valence-electron chi connectivity index (χ4n) is 1.39. The molecule has 0 spiro atoms. The van der Waals surface area contributed by atoms with Crippen molar-refractivity contribution in [3.8, 4) is 0 Å². The molecule has 0 amide bonds. The minimum Gasteiger partial charge on any atom is -0.334 e. The summed E-state index contributed by atoms with van der Waals surface area (Å²) in [5, 5.41) is 0. The van der Waals surface area contributed by atoms with Crippen LogP contribution >= 0.6 is 0 Å². The van der Waals surface area contributed by atoms with Crippen LogP contribution < -0.4 is 5.73 Å². The van der Waals surface area contributed by atoms with Crippen molar-refractivity contribution in [1.29, 1.82) is 0 Å². The van der Waals surface area contributed by atoms with Crippen LogP contribution in [0.2, 0.25) is 0 Å². The highest BCUT2D eigenvalue weighted by atomic mass is 15.1. The molecule has 1 rings (SSSR count). The predicted octanol–water partition coefficient (Wildman–Crippen LogP) is 0.464. The largest absolute Gasteiger partial charge is 0.334 e. The quantitative estimate of drug-likeness (QED) is 0.736. The van der Waals surface area contributed by atoms with Crippen LogP contribution in [-0.4, -0.2) is 35.1 Å². The number of hydrogen-bond donors (Lipinski definition) is 1. The van der Waals surface area contributed by atoms with Gasteiger partial charge in [-0.1, -0.05) is 0 Å². The van der Waals surface area contributed by atoms with Gasteiger partial charge in [0.2, 0.25) is 0 Å². The van der Waals surface area contributed by atoms with Gasteiger partial charge in [-0.25, -0.2) is 4.98 Å². The molecule has 2 N–H and O–H groups in total. The Kier molecular flexibility index (Phi) is 3.45. The number of aryl methyl sites for hydroxylation is 1. The van der Waals surface area contributed by atoms with E-state index in [9.17, 15) is 0 Å². The van der Waals surface area contributed by atoms with E-state index in [0.717, 1.165) is 18.9 Å². The average Bonchev–Trinajstić information content (AvgIpc) is 2.49. The molecule has 4 nitrogen and oxygen atoms in total. The minimum atomic E-state index is 0.00458. The number of aromatic nitrogens is 2. The summed E-state index contributed by atoms with van der Waals surface area (Å²) in [5.74, 6) is 0.969. The smallest absolute Gasteiger partial charge is 0.126 e. The summed E-state index contributed by atoms with van der Waals surface area (Å²) in [6, 6.07) is 0.00458. The average molecular weight is 182 g/mol. The highest BCUT2D eigenvalue weighted by molar-refractivity contribution is 4.98. The molecule has 13 heavy (non-hydrogen) atoms. The first kappa shape index (κ1) is 10.2. The topological polar surface area (TPSA) is 47.1 Å².